The third-order valence-corrected chi connectivity index (χ3v) is 6.09. The predicted octanol–water partition coefficient (Wildman–Crippen LogP) is 3.50. The van der Waals surface area contributed by atoms with Gasteiger partial charge in [0.05, 0.1) is 12.1 Å². The Bertz CT molecular complexity index is 1120. The van der Waals surface area contributed by atoms with Gasteiger partial charge in [-0.1, -0.05) is 12.1 Å². The van der Waals surface area contributed by atoms with Crippen molar-refractivity contribution in [1.29, 1.82) is 0 Å². The summed E-state index contributed by atoms with van der Waals surface area (Å²) in [5, 5.41) is 17.0. The van der Waals surface area contributed by atoms with Crippen molar-refractivity contribution < 1.29 is 18.7 Å². The Kier molecular flexibility index (Phi) is 7.59. The molecule has 1 aliphatic rings. The van der Waals surface area contributed by atoms with E-state index >= 15 is 0 Å². The molecule has 3 N–H and O–H groups in total. The lowest BCUT2D eigenvalue weighted by Gasteiger charge is -2.30. The molecule has 178 valence electrons. The molecule has 0 spiro atoms. The van der Waals surface area contributed by atoms with Crippen LogP contribution in [0.2, 0.25) is 0 Å². The van der Waals surface area contributed by atoms with Crippen LogP contribution in [0, 0.1) is 11.6 Å². The van der Waals surface area contributed by atoms with Crippen molar-refractivity contribution >= 4 is 5.91 Å². The molecule has 8 heteroatoms. The fourth-order valence-electron chi connectivity index (χ4n) is 4.53. The maximum absolute atomic E-state index is 13.6. The van der Waals surface area contributed by atoms with E-state index in [-0.39, 0.29) is 24.9 Å². The van der Waals surface area contributed by atoms with Crippen LogP contribution in [-0.2, 0) is 17.6 Å². The van der Waals surface area contributed by atoms with Gasteiger partial charge in [0.1, 0.15) is 11.6 Å². The summed E-state index contributed by atoms with van der Waals surface area (Å²) in [6.07, 6.45) is 5.46. The van der Waals surface area contributed by atoms with E-state index in [1.54, 1.807) is 18.5 Å². The molecule has 1 amide bonds. The molecule has 1 heterocycles. The van der Waals surface area contributed by atoms with E-state index in [1.807, 2.05) is 6.07 Å². The average molecular weight is 467 g/mol. The highest BCUT2D eigenvalue weighted by atomic mass is 19.1. The van der Waals surface area contributed by atoms with Crippen LogP contribution in [0.4, 0.5) is 8.78 Å². The van der Waals surface area contributed by atoms with Crippen molar-refractivity contribution in [3.8, 4) is 11.4 Å². The molecule has 4 rings (SSSR count). The largest absolute Gasteiger partial charge is 0.390 e. The van der Waals surface area contributed by atoms with Gasteiger partial charge >= 0.3 is 0 Å². The smallest absolute Gasteiger partial charge is 0.217 e. The Hall–Kier alpha value is -3.23. The molecule has 0 fully saturated rings. The zero-order valence-corrected chi connectivity index (χ0v) is 19.0. The van der Waals surface area contributed by atoms with Crippen LogP contribution in [-0.4, -0.2) is 39.7 Å². The zero-order valence-electron chi connectivity index (χ0n) is 19.0. The Morgan fingerprint density at radius 1 is 1.15 bits per heavy atom. The van der Waals surface area contributed by atoms with Crippen molar-refractivity contribution in [2.75, 3.05) is 6.54 Å². The lowest BCUT2D eigenvalue weighted by molar-refractivity contribution is -0.120. The molecule has 0 saturated carbocycles. The van der Waals surface area contributed by atoms with E-state index < -0.39 is 23.8 Å². The number of fused-ring (bicyclic) bond motifs is 1. The van der Waals surface area contributed by atoms with Crippen LogP contribution in [0.3, 0.4) is 0 Å². The number of hydrogen-bond donors (Lipinski definition) is 3. The fraction of sp³-hybridized carbons (Fsp3) is 0.346. The highest BCUT2D eigenvalue weighted by Gasteiger charge is 2.25. The van der Waals surface area contributed by atoms with Crippen LogP contribution in [0.5, 0.6) is 0 Å². The number of carbonyl (C=O) groups excluding carboxylic acids is 1. The summed E-state index contributed by atoms with van der Waals surface area (Å²) in [5.74, 6) is -1.05. The van der Waals surface area contributed by atoms with Crippen LogP contribution >= 0.6 is 0 Å². The van der Waals surface area contributed by atoms with Crippen molar-refractivity contribution in [3.05, 3.63) is 83.2 Å². The highest BCUT2D eigenvalue weighted by Crippen LogP contribution is 2.32. The molecule has 0 radical (unpaired) electrons. The first-order valence-electron chi connectivity index (χ1n) is 11.4. The van der Waals surface area contributed by atoms with Crippen LogP contribution in [0.1, 0.15) is 42.5 Å². The Morgan fingerprint density at radius 2 is 1.88 bits per heavy atom. The van der Waals surface area contributed by atoms with E-state index in [4.69, 9.17) is 0 Å². The Labute approximate surface area is 197 Å². The first-order chi connectivity index (χ1) is 16.4. The number of amides is 1. The van der Waals surface area contributed by atoms with Crippen LogP contribution < -0.4 is 10.6 Å². The van der Waals surface area contributed by atoms with Crippen molar-refractivity contribution in [2.45, 2.75) is 50.8 Å². The molecule has 3 aromatic rings. The summed E-state index contributed by atoms with van der Waals surface area (Å²) in [7, 11) is 0. The minimum Gasteiger partial charge on any atom is -0.390 e. The van der Waals surface area contributed by atoms with Gasteiger partial charge in [-0.2, -0.15) is 0 Å². The van der Waals surface area contributed by atoms with Crippen molar-refractivity contribution in [3.63, 3.8) is 0 Å². The molecule has 1 aromatic heterocycles. The molecule has 0 saturated heterocycles. The maximum Gasteiger partial charge on any atom is 0.217 e. The van der Waals surface area contributed by atoms with E-state index in [0.29, 0.717) is 11.4 Å². The standard InChI is InChI=1S/C26H28F2N4O2/c1-16(33)32-24(12-17-10-20(27)14-21(28)11-17)25(34)15-31-23-5-2-4-18-6-7-19(13-22(18)23)26-29-8-3-9-30-26/h3,6-11,13-14,23-25,31,34H,2,4-5,12,15H2,1H3,(H,32,33). The molecular formula is C26H28F2N4O2. The van der Waals surface area contributed by atoms with Crippen molar-refractivity contribution in [2.24, 2.45) is 0 Å². The van der Waals surface area contributed by atoms with Crippen LogP contribution in [0.15, 0.2) is 54.9 Å². The number of aliphatic hydroxyl groups is 1. The number of hydrogen-bond acceptors (Lipinski definition) is 5. The molecule has 2 aromatic carbocycles. The number of rotatable bonds is 8. The number of aryl methyl sites for hydroxylation is 1. The molecule has 0 aliphatic heterocycles. The molecule has 6 nitrogen and oxygen atoms in total. The quantitative estimate of drug-likeness (QED) is 0.473. The van der Waals surface area contributed by atoms with Gasteiger partial charge in [0.25, 0.3) is 0 Å². The van der Waals surface area contributed by atoms with Gasteiger partial charge in [-0.25, -0.2) is 18.7 Å². The topological polar surface area (TPSA) is 87.1 Å². The third kappa shape index (κ3) is 6.01. The molecular weight excluding hydrogens is 438 g/mol. The summed E-state index contributed by atoms with van der Waals surface area (Å²) in [5.41, 5.74) is 3.68. The van der Waals surface area contributed by atoms with E-state index in [2.05, 4.69) is 32.7 Å². The Morgan fingerprint density at radius 3 is 2.59 bits per heavy atom. The minimum atomic E-state index is -0.957. The van der Waals surface area contributed by atoms with Gasteiger partial charge in [-0.05, 0) is 66.6 Å². The summed E-state index contributed by atoms with van der Waals surface area (Å²) < 4.78 is 27.2. The molecule has 34 heavy (non-hydrogen) atoms. The van der Waals surface area contributed by atoms with Crippen LogP contribution in [0.25, 0.3) is 11.4 Å². The van der Waals surface area contributed by atoms with Gasteiger partial charge in [0, 0.05) is 43.5 Å². The monoisotopic (exact) mass is 466 g/mol. The first kappa shape index (κ1) is 23.9. The van der Waals surface area contributed by atoms with Gasteiger partial charge in [-0.15, -0.1) is 0 Å². The third-order valence-electron chi connectivity index (χ3n) is 6.09. The summed E-state index contributed by atoms with van der Waals surface area (Å²) >= 11 is 0. The molecule has 1 aliphatic carbocycles. The summed E-state index contributed by atoms with van der Waals surface area (Å²) in [4.78, 5) is 20.4. The SMILES string of the molecule is CC(=O)NC(Cc1cc(F)cc(F)c1)C(O)CNC1CCCc2ccc(-c3ncccn3)cc21. The minimum absolute atomic E-state index is 0.0201. The number of halogens is 2. The van der Waals surface area contributed by atoms with Gasteiger partial charge in [0.15, 0.2) is 5.82 Å². The normalized spacial score (nSPS) is 17.0. The molecule has 3 unspecified atom stereocenters. The first-order valence-corrected chi connectivity index (χ1v) is 11.4. The summed E-state index contributed by atoms with van der Waals surface area (Å²) in [6.45, 7) is 1.56. The number of benzene rings is 2. The number of nitrogens with zero attached hydrogens (tertiary/aromatic N) is 2. The molecule has 0 bridgehead atoms. The molecule has 3 atom stereocenters. The second kappa shape index (κ2) is 10.8. The number of aliphatic hydroxyl groups excluding tert-OH is 1. The van der Waals surface area contributed by atoms with E-state index in [0.717, 1.165) is 36.5 Å². The van der Waals surface area contributed by atoms with E-state index in [9.17, 15) is 18.7 Å². The van der Waals surface area contributed by atoms with Gasteiger partial charge < -0.3 is 15.7 Å². The number of aromatic nitrogens is 2. The second-order valence-corrected chi connectivity index (χ2v) is 8.70. The summed E-state index contributed by atoms with van der Waals surface area (Å²) in [6, 6.07) is 10.5. The zero-order chi connectivity index (χ0) is 24.1. The predicted molar refractivity (Wildman–Crippen MR) is 125 cm³/mol. The second-order valence-electron chi connectivity index (χ2n) is 8.70. The van der Waals surface area contributed by atoms with E-state index in [1.165, 1.54) is 24.6 Å². The van der Waals surface area contributed by atoms with Gasteiger partial charge in [-0.3, -0.25) is 4.79 Å². The fourth-order valence-corrected chi connectivity index (χ4v) is 4.53. The lowest BCUT2D eigenvalue weighted by atomic mass is 9.86. The number of carbonyl (C=O) groups is 1. The average Bonchev–Trinajstić information content (AvgIpc) is 2.81. The lowest BCUT2D eigenvalue weighted by Crippen LogP contribution is -2.48. The van der Waals surface area contributed by atoms with Crippen molar-refractivity contribution in [1.82, 2.24) is 20.6 Å². The Balaban J connectivity index is 1.48. The van der Waals surface area contributed by atoms with Gasteiger partial charge in [0.2, 0.25) is 5.91 Å². The maximum atomic E-state index is 13.6. The number of nitrogens with one attached hydrogen (secondary N) is 2. The highest BCUT2D eigenvalue weighted by molar-refractivity contribution is 5.73.